The van der Waals surface area contributed by atoms with Crippen molar-refractivity contribution in [3.63, 3.8) is 0 Å². The van der Waals surface area contributed by atoms with Crippen LogP contribution in [0.15, 0.2) is 45.6 Å². The third-order valence-electron chi connectivity index (χ3n) is 4.90. The van der Waals surface area contributed by atoms with Crippen molar-refractivity contribution < 1.29 is 18.0 Å². The van der Waals surface area contributed by atoms with E-state index in [0.717, 1.165) is 11.6 Å². The molecule has 2 unspecified atom stereocenters. The van der Waals surface area contributed by atoms with E-state index in [4.69, 9.17) is 4.42 Å². The Hall–Kier alpha value is -3.16. The van der Waals surface area contributed by atoms with Crippen molar-refractivity contribution in [1.82, 2.24) is 9.88 Å². The molecular formula is C19H17F2N3O3. The van der Waals surface area contributed by atoms with E-state index >= 15 is 0 Å². The van der Waals surface area contributed by atoms with Crippen molar-refractivity contribution in [2.75, 3.05) is 11.9 Å². The second-order valence-corrected chi connectivity index (χ2v) is 6.59. The quantitative estimate of drug-likeness (QED) is 0.736. The topological polar surface area (TPSA) is 78.3 Å². The summed E-state index contributed by atoms with van der Waals surface area (Å²) in [6.45, 7) is 2.37. The number of nitrogens with zero attached hydrogens (tertiary/aromatic N) is 1. The lowest BCUT2D eigenvalue weighted by Crippen LogP contribution is -2.35. The number of fused-ring (bicyclic) bond motifs is 1. The van der Waals surface area contributed by atoms with Gasteiger partial charge in [-0.25, -0.2) is 13.6 Å². The highest BCUT2D eigenvalue weighted by atomic mass is 19.1. The monoisotopic (exact) mass is 373 g/mol. The van der Waals surface area contributed by atoms with Gasteiger partial charge in [0.2, 0.25) is 5.91 Å². The summed E-state index contributed by atoms with van der Waals surface area (Å²) in [7, 11) is 0. The number of amides is 1. The molecule has 0 aliphatic carbocycles. The van der Waals surface area contributed by atoms with Crippen LogP contribution in [0.4, 0.5) is 14.5 Å². The maximum Gasteiger partial charge on any atom is 0.417 e. The summed E-state index contributed by atoms with van der Waals surface area (Å²) in [5, 5.41) is 2.90. The average Bonchev–Trinajstić information content (AvgIpc) is 3.17. The standard InChI is InChI=1S/C19H17F2N3O3/c1-10(11-2-4-12(20)5-3-11)24-7-6-14(18(24)25)22-15-9-17-16(8-13(15)21)23-19(26)27-17/h2-5,8-10,14,22H,6-7H2,1H3,(H,23,26). The van der Waals surface area contributed by atoms with E-state index in [2.05, 4.69) is 10.3 Å². The fraction of sp³-hybridized carbons (Fsp3) is 0.263. The van der Waals surface area contributed by atoms with Gasteiger partial charge in [0.05, 0.1) is 17.2 Å². The number of anilines is 1. The molecule has 2 aromatic carbocycles. The first-order chi connectivity index (χ1) is 12.9. The normalized spacial score (nSPS) is 18.3. The minimum atomic E-state index is -0.669. The predicted molar refractivity (Wildman–Crippen MR) is 95.3 cm³/mol. The van der Waals surface area contributed by atoms with Gasteiger partial charge >= 0.3 is 5.76 Å². The lowest BCUT2D eigenvalue weighted by Gasteiger charge is -2.25. The fourth-order valence-corrected chi connectivity index (χ4v) is 3.41. The van der Waals surface area contributed by atoms with Gasteiger partial charge in [-0.3, -0.25) is 9.78 Å². The maximum absolute atomic E-state index is 14.3. The molecule has 0 radical (unpaired) electrons. The Morgan fingerprint density at radius 2 is 1.96 bits per heavy atom. The highest BCUT2D eigenvalue weighted by Gasteiger charge is 2.35. The maximum atomic E-state index is 14.3. The van der Waals surface area contributed by atoms with Crippen LogP contribution in [0.25, 0.3) is 11.1 Å². The number of H-pyrrole nitrogens is 1. The molecule has 2 heterocycles. The molecule has 1 fully saturated rings. The van der Waals surface area contributed by atoms with E-state index < -0.39 is 17.6 Å². The molecule has 1 aliphatic heterocycles. The number of benzene rings is 2. The largest absolute Gasteiger partial charge is 0.417 e. The molecule has 140 valence electrons. The predicted octanol–water partition coefficient (Wildman–Crippen LogP) is 3.17. The number of rotatable bonds is 4. The Balaban J connectivity index is 1.53. The first kappa shape index (κ1) is 17.3. The van der Waals surface area contributed by atoms with Crippen LogP contribution < -0.4 is 11.1 Å². The number of likely N-dealkylation sites (tertiary alicyclic amines) is 1. The Bertz CT molecular complexity index is 1060. The van der Waals surface area contributed by atoms with Crippen LogP contribution in [0, 0.1) is 11.6 Å². The number of nitrogens with one attached hydrogen (secondary N) is 2. The number of hydrogen-bond donors (Lipinski definition) is 2. The van der Waals surface area contributed by atoms with E-state index in [1.165, 1.54) is 18.2 Å². The van der Waals surface area contributed by atoms with Crippen LogP contribution in [-0.2, 0) is 4.79 Å². The molecule has 0 bridgehead atoms. The Morgan fingerprint density at radius 1 is 1.22 bits per heavy atom. The summed E-state index contributed by atoms with van der Waals surface area (Å²) in [6, 6.07) is 7.72. The van der Waals surface area contributed by atoms with Crippen LogP contribution in [0.2, 0.25) is 0 Å². The summed E-state index contributed by atoms with van der Waals surface area (Å²) < 4.78 is 32.3. The second kappa shape index (κ2) is 6.53. The number of halogens is 2. The summed E-state index contributed by atoms with van der Waals surface area (Å²) >= 11 is 0. The minimum absolute atomic E-state index is 0.0971. The molecule has 3 aromatic rings. The van der Waals surface area contributed by atoms with E-state index in [9.17, 15) is 18.4 Å². The van der Waals surface area contributed by atoms with Crippen molar-refractivity contribution in [3.8, 4) is 0 Å². The van der Waals surface area contributed by atoms with E-state index in [1.54, 1.807) is 17.0 Å². The van der Waals surface area contributed by atoms with E-state index in [1.807, 2.05) is 6.92 Å². The van der Waals surface area contributed by atoms with Gasteiger partial charge in [-0.15, -0.1) is 0 Å². The van der Waals surface area contributed by atoms with Gasteiger partial charge in [0, 0.05) is 18.7 Å². The molecule has 0 saturated carbocycles. The zero-order chi connectivity index (χ0) is 19.1. The van der Waals surface area contributed by atoms with Crippen molar-refractivity contribution in [3.05, 3.63) is 64.1 Å². The molecule has 2 N–H and O–H groups in total. The molecule has 8 heteroatoms. The lowest BCUT2D eigenvalue weighted by molar-refractivity contribution is -0.130. The lowest BCUT2D eigenvalue weighted by atomic mass is 10.1. The molecule has 1 amide bonds. The Morgan fingerprint density at radius 3 is 2.70 bits per heavy atom. The Kier molecular flexibility index (Phi) is 4.18. The molecule has 27 heavy (non-hydrogen) atoms. The number of aromatic amines is 1. The van der Waals surface area contributed by atoms with Crippen LogP contribution in [0.1, 0.15) is 24.9 Å². The number of hydrogen-bond acceptors (Lipinski definition) is 4. The van der Waals surface area contributed by atoms with Gasteiger partial charge in [-0.05, 0) is 31.0 Å². The van der Waals surface area contributed by atoms with Crippen molar-refractivity contribution in [1.29, 1.82) is 0 Å². The highest BCUT2D eigenvalue weighted by Crippen LogP contribution is 2.29. The van der Waals surface area contributed by atoms with Crippen molar-refractivity contribution in [2.24, 2.45) is 0 Å². The van der Waals surface area contributed by atoms with Gasteiger partial charge in [-0.2, -0.15) is 0 Å². The summed E-state index contributed by atoms with van der Waals surface area (Å²) in [5.74, 6) is -1.75. The van der Waals surface area contributed by atoms with Crippen LogP contribution in [0.3, 0.4) is 0 Å². The summed E-state index contributed by atoms with van der Waals surface area (Å²) in [6.07, 6.45) is 0.499. The van der Waals surface area contributed by atoms with Crippen molar-refractivity contribution >= 4 is 22.7 Å². The van der Waals surface area contributed by atoms with Crippen molar-refractivity contribution in [2.45, 2.75) is 25.4 Å². The second-order valence-electron chi connectivity index (χ2n) is 6.59. The van der Waals surface area contributed by atoms with Gasteiger partial charge in [0.1, 0.15) is 17.7 Å². The molecule has 1 saturated heterocycles. The van der Waals surface area contributed by atoms with Gasteiger partial charge in [-0.1, -0.05) is 12.1 Å². The summed E-state index contributed by atoms with van der Waals surface area (Å²) in [5.41, 5.74) is 1.39. The third kappa shape index (κ3) is 3.18. The fourth-order valence-electron chi connectivity index (χ4n) is 3.41. The first-order valence-electron chi connectivity index (χ1n) is 8.57. The molecule has 1 aromatic heterocycles. The molecule has 0 spiro atoms. The molecule has 6 nitrogen and oxygen atoms in total. The number of carbonyl (C=O) groups is 1. The molecule has 2 atom stereocenters. The van der Waals surface area contributed by atoms with Crippen LogP contribution in [-0.4, -0.2) is 28.4 Å². The number of aromatic nitrogens is 1. The number of carbonyl (C=O) groups excluding carboxylic acids is 1. The summed E-state index contributed by atoms with van der Waals surface area (Å²) in [4.78, 5) is 28.0. The van der Waals surface area contributed by atoms with Gasteiger partial charge in [0.15, 0.2) is 5.58 Å². The molecule has 1 aliphatic rings. The van der Waals surface area contributed by atoms with Crippen LogP contribution in [0.5, 0.6) is 0 Å². The zero-order valence-corrected chi connectivity index (χ0v) is 14.5. The average molecular weight is 373 g/mol. The van der Waals surface area contributed by atoms with Gasteiger partial charge in [0.25, 0.3) is 0 Å². The third-order valence-corrected chi connectivity index (χ3v) is 4.90. The smallest absolute Gasteiger partial charge is 0.408 e. The van der Waals surface area contributed by atoms with E-state index in [0.29, 0.717) is 13.0 Å². The first-order valence-corrected chi connectivity index (χ1v) is 8.57. The zero-order valence-electron chi connectivity index (χ0n) is 14.5. The van der Waals surface area contributed by atoms with Gasteiger partial charge < -0.3 is 14.6 Å². The minimum Gasteiger partial charge on any atom is -0.408 e. The van der Waals surface area contributed by atoms with E-state index in [-0.39, 0.29) is 34.6 Å². The SMILES string of the molecule is CC(c1ccc(F)cc1)N1CCC(Nc2cc3oc(=O)[nH]c3cc2F)C1=O. The Labute approximate surface area is 152 Å². The highest BCUT2D eigenvalue weighted by molar-refractivity contribution is 5.88. The van der Waals surface area contributed by atoms with Crippen LogP contribution >= 0.6 is 0 Å². The molecular weight excluding hydrogens is 356 g/mol. The molecule has 4 rings (SSSR count). The number of oxazole rings is 1.